The van der Waals surface area contributed by atoms with Gasteiger partial charge in [0.1, 0.15) is 0 Å². The predicted octanol–water partition coefficient (Wildman–Crippen LogP) is -5.96. The van der Waals surface area contributed by atoms with Gasteiger partial charge in [0.05, 0.1) is 0 Å². The van der Waals surface area contributed by atoms with E-state index in [2.05, 4.69) is 0 Å². The maximum Gasteiger partial charge on any atom is 0.316 e. The molecule has 10 N–H and O–H groups in total. The van der Waals surface area contributed by atoms with Gasteiger partial charge >= 0.3 is 46.1 Å². The zero-order valence-electron chi connectivity index (χ0n) is 2.50. The van der Waals surface area contributed by atoms with E-state index in [1.54, 1.807) is 0 Å². The Balaban J connectivity index is 0. The predicted molar refractivity (Wildman–Crippen MR) is 35.2 cm³/mol. The van der Waals surface area contributed by atoms with Crippen molar-refractivity contribution in [3.8, 4) is 0 Å². The van der Waals surface area contributed by atoms with Crippen LogP contribution in [0.3, 0.4) is 0 Å². The van der Waals surface area contributed by atoms with E-state index in [1.807, 2.05) is 0 Å². The molecule has 0 fully saturated rings. The van der Waals surface area contributed by atoms with E-state index in [9.17, 15) is 0 Å². The molecule has 0 aliphatic heterocycles. The molecular formula is H14Mg2O5. The summed E-state index contributed by atoms with van der Waals surface area (Å²) in [5, 5.41) is 0. The van der Waals surface area contributed by atoms with Gasteiger partial charge < -0.3 is 27.4 Å². The highest BCUT2D eigenvalue weighted by Crippen LogP contribution is -0.285. The van der Waals surface area contributed by atoms with Crippen molar-refractivity contribution in [1.82, 2.24) is 0 Å². The van der Waals surface area contributed by atoms with Crippen LogP contribution in [0.1, 0.15) is 0 Å². The van der Waals surface area contributed by atoms with E-state index < -0.39 is 0 Å². The van der Waals surface area contributed by atoms with Gasteiger partial charge in [-0.1, -0.05) is 0 Å². The second-order valence-corrected chi connectivity index (χ2v) is 0. The normalized spacial score (nSPS) is 0. The van der Waals surface area contributed by atoms with Crippen LogP contribution >= 0.6 is 0 Å². The molecule has 0 unspecified atom stereocenters. The number of hydrogen-bond acceptors (Lipinski definition) is 0. The van der Waals surface area contributed by atoms with Gasteiger partial charge in [-0.05, 0) is 0 Å². The van der Waals surface area contributed by atoms with Gasteiger partial charge in [0, 0.05) is 0 Å². The van der Waals surface area contributed by atoms with Crippen LogP contribution in [0.4, 0.5) is 0 Å². The third-order valence-electron chi connectivity index (χ3n) is 0. The summed E-state index contributed by atoms with van der Waals surface area (Å²) >= 11 is 0. The van der Waals surface area contributed by atoms with E-state index in [-0.39, 0.29) is 73.5 Å². The third-order valence-corrected chi connectivity index (χ3v) is 0. The maximum absolute atomic E-state index is 0. The van der Waals surface area contributed by atoms with Gasteiger partial charge in [-0.25, -0.2) is 0 Å². The average molecular weight is 143 g/mol. The maximum atomic E-state index is 0. The summed E-state index contributed by atoms with van der Waals surface area (Å²) in [7, 11) is 0. The highest BCUT2D eigenvalue weighted by atomic mass is 24.3. The van der Waals surface area contributed by atoms with Crippen LogP contribution in [0.15, 0.2) is 0 Å². The molecule has 0 amide bonds. The van der Waals surface area contributed by atoms with Gasteiger partial charge in [-0.2, -0.15) is 0 Å². The number of rotatable bonds is 0. The quantitative estimate of drug-likeness (QED) is 0.295. The SMILES string of the molecule is O.O.O.O.O.[MgH2].[MgH2]. The smallest absolute Gasteiger partial charge is 0.316 e. The van der Waals surface area contributed by atoms with Gasteiger partial charge in [0.15, 0.2) is 0 Å². The van der Waals surface area contributed by atoms with Crippen LogP contribution in [-0.4, -0.2) is 73.5 Å². The van der Waals surface area contributed by atoms with Gasteiger partial charge in [-0.15, -0.1) is 0 Å². The van der Waals surface area contributed by atoms with E-state index >= 15 is 0 Å². The largest absolute Gasteiger partial charge is 0.412 e. The Hall–Kier alpha value is 1.33. The molecule has 0 aromatic carbocycles. The molecule has 0 spiro atoms. The summed E-state index contributed by atoms with van der Waals surface area (Å²) in [6, 6.07) is 0. The topological polar surface area (TPSA) is 158 Å². The van der Waals surface area contributed by atoms with Gasteiger partial charge in [-0.3, -0.25) is 0 Å². The van der Waals surface area contributed by atoms with Crippen molar-refractivity contribution in [2.75, 3.05) is 0 Å². The fraction of sp³-hybridized carbons (Fsp3) is 0. The van der Waals surface area contributed by atoms with Crippen LogP contribution < -0.4 is 0 Å². The fourth-order valence-corrected chi connectivity index (χ4v) is 0. The molecule has 0 bridgehead atoms. The Kier molecular flexibility index (Phi) is 5970. The lowest BCUT2D eigenvalue weighted by Crippen LogP contribution is -0.382. The molecule has 0 aliphatic carbocycles. The second kappa shape index (κ2) is 166. The first-order valence-electron chi connectivity index (χ1n) is 0. The molecule has 0 saturated carbocycles. The summed E-state index contributed by atoms with van der Waals surface area (Å²) in [6.45, 7) is 0. The molecular weight excluding hydrogens is 129 g/mol. The molecule has 0 radical (unpaired) electrons. The van der Waals surface area contributed by atoms with Gasteiger partial charge in [0.25, 0.3) is 0 Å². The van der Waals surface area contributed by atoms with Crippen molar-refractivity contribution in [3.05, 3.63) is 0 Å². The first-order valence-corrected chi connectivity index (χ1v) is 0. The Morgan fingerprint density at radius 1 is 0.286 bits per heavy atom. The molecule has 5 nitrogen and oxygen atoms in total. The van der Waals surface area contributed by atoms with Crippen molar-refractivity contribution >= 4 is 46.1 Å². The first kappa shape index (κ1) is 252. The van der Waals surface area contributed by atoms with E-state index in [1.165, 1.54) is 0 Å². The molecule has 0 rings (SSSR count). The lowest BCUT2D eigenvalue weighted by molar-refractivity contribution is 0.823. The lowest BCUT2D eigenvalue weighted by Gasteiger charge is -0.413. The van der Waals surface area contributed by atoms with E-state index in [4.69, 9.17) is 0 Å². The summed E-state index contributed by atoms with van der Waals surface area (Å²) in [4.78, 5) is 0. The minimum Gasteiger partial charge on any atom is -0.412 e. The summed E-state index contributed by atoms with van der Waals surface area (Å²) in [6.07, 6.45) is 0. The van der Waals surface area contributed by atoms with Crippen LogP contribution in [0, 0.1) is 0 Å². The average Bonchev–Trinajstić information content (AvgIpc) is 0. The summed E-state index contributed by atoms with van der Waals surface area (Å²) in [5.74, 6) is 0. The highest BCUT2D eigenvalue weighted by molar-refractivity contribution is 5.76. The van der Waals surface area contributed by atoms with Crippen LogP contribution in [0.2, 0.25) is 0 Å². The minimum absolute atomic E-state index is 0. The van der Waals surface area contributed by atoms with Crippen molar-refractivity contribution in [2.24, 2.45) is 0 Å². The Morgan fingerprint density at radius 3 is 0.286 bits per heavy atom. The Bertz CT molecular complexity index is 6.04. The molecule has 0 aliphatic rings. The van der Waals surface area contributed by atoms with E-state index in [0.717, 1.165) is 0 Å². The Morgan fingerprint density at radius 2 is 0.286 bits per heavy atom. The first-order chi connectivity index (χ1) is 0. The minimum atomic E-state index is 0. The molecule has 0 atom stereocenters. The van der Waals surface area contributed by atoms with E-state index in [0.29, 0.717) is 0 Å². The monoisotopic (exact) mass is 142 g/mol. The lowest BCUT2D eigenvalue weighted by atomic mass is 16.0. The molecule has 7 heavy (non-hydrogen) atoms. The van der Waals surface area contributed by atoms with Crippen molar-refractivity contribution in [1.29, 1.82) is 0 Å². The van der Waals surface area contributed by atoms with Crippen molar-refractivity contribution < 1.29 is 27.4 Å². The molecule has 0 saturated heterocycles. The number of hydrogen-bond donors (Lipinski definition) is 0. The van der Waals surface area contributed by atoms with Crippen LogP contribution in [-0.2, 0) is 0 Å². The van der Waals surface area contributed by atoms with Gasteiger partial charge in [0.2, 0.25) is 0 Å². The summed E-state index contributed by atoms with van der Waals surface area (Å²) in [5.41, 5.74) is 0. The Labute approximate surface area is 73.3 Å². The van der Waals surface area contributed by atoms with Crippen molar-refractivity contribution in [2.45, 2.75) is 0 Å². The third kappa shape index (κ3) is 117. The molecule has 0 heterocycles. The zero-order valence-corrected chi connectivity index (χ0v) is 2.50. The summed E-state index contributed by atoms with van der Waals surface area (Å²) < 4.78 is 0. The van der Waals surface area contributed by atoms with Crippen LogP contribution in [0.5, 0.6) is 0 Å². The molecule has 7 heteroatoms. The highest BCUT2D eigenvalue weighted by Gasteiger charge is 0.317. The molecule has 48 valence electrons. The standard InChI is InChI=1S/2Mg.5H2O.4H/h;;5*1H2;;;;. The second-order valence-electron chi connectivity index (χ2n) is 0. The molecule has 0 aromatic rings. The zero-order chi connectivity index (χ0) is 0. The molecule has 0 aromatic heterocycles. The fourth-order valence-electron chi connectivity index (χ4n) is 0. The van der Waals surface area contributed by atoms with Crippen molar-refractivity contribution in [3.63, 3.8) is 0 Å². The van der Waals surface area contributed by atoms with Crippen LogP contribution in [0.25, 0.3) is 0 Å².